The minimum Gasteiger partial charge on any atom is -0.370 e. The fourth-order valence-corrected chi connectivity index (χ4v) is 1.85. The van der Waals surface area contributed by atoms with Crippen LogP contribution in [0.25, 0.3) is 11.0 Å². The quantitative estimate of drug-likeness (QED) is 0.465. The average molecular weight is 245 g/mol. The topological polar surface area (TPSA) is 99.3 Å². The van der Waals surface area contributed by atoms with Crippen LogP contribution in [0.2, 0.25) is 0 Å². The third-order valence-electron chi connectivity index (χ3n) is 2.59. The summed E-state index contributed by atoms with van der Waals surface area (Å²) in [5, 5.41) is 0. The molecule has 0 fully saturated rings. The number of carbonyl (C=O) groups is 1. The molecule has 4 N–H and O–H groups in total. The van der Waals surface area contributed by atoms with Crippen LogP contribution < -0.4 is 11.5 Å². The lowest BCUT2D eigenvalue weighted by Crippen LogP contribution is -2.23. The summed E-state index contributed by atoms with van der Waals surface area (Å²) in [5.74, 6) is 0.404. The zero-order valence-corrected chi connectivity index (χ0v) is 10.1. The molecule has 0 unspecified atom stereocenters. The molecule has 0 bridgehead atoms. The van der Waals surface area contributed by atoms with Crippen molar-refractivity contribution in [2.24, 2.45) is 16.5 Å². The first-order valence-electron chi connectivity index (χ1n) is 5.61. The number of nitrogens with two attached hydrogens (primary N) is 2. The van der Waals surface area contributed by atoms with E-state index in [1.807, 2.05) is 28.8 Å². The molecular formula is C12H15N5O. The Balaban J connectivity index is 2.42. The van der Waals surface area contributed by atoms with Gasteiger partial charge in [0.15, 0.2) is 17.6 Å². The van der Waals surface area contributed by atoms with Gasteiger partial charge in [-0.2, -0.15) is 0 Å². The Morgan fingerprint density at radius 1 is 1.39 bits per heavy atom. The Bertz CT molecular complexity index is 610. The predicted octanol–water partition coefficient (Wildman–Crippen LogP) is 0.512. The van der Waals surface area contributed by atoms with Crippen LogP contribution in [0, 0.1) is 0 Å². The second-order valence-electron chi connectivity index (χ2n) is 3.94. The Morgan fingerprint density at radius 3 is 2.78 bits per heavy atom. The summed E-state index contributed by atoms with van der Waals surface area (Å²) in [4.78, 5) is 19.8. The summed E-state index contributed by atoms with van der Waals surface area (Å²) < 4.78 is 1.84. The molecule has 1 aromatic carbocycles. The van der Waals surface area contributed by atoms with Crippen LogP contribution in [0.5, 0.6) is 0 Å². The van der Waals surface area contributed by atoms with Gasteiger partial charge in [-0.05, 0) is 12.1 Å². The fourth-order valence-electron chi connectivity index (χ4n) is 1.85. The van der Waals surface area contributed by atoms with Gasteiger partial charge in [-0.3, -0.25) is 9.79 Å². The molecule has 0 aliphatic rings. The molecule has 2 aromatic rings. The van der Waals surface area contributed by atoms with E-state index in [9.17, 15) is 4.79 Å². The third kappa shape index (κ3) is 2.32. The van der Waals surface area contributed by atoms with Crippen molar-refractivity contribution in [1.29, 1.82) is 0 Å². The number of ketones is 1. The predicted molar refractivity (Wildman–Crippen MR) is 70.4 cm³/mol. The van der Waals surface area contributed by atoms with E-state index >= 15 is 0 Å². The molecule has 0 radical (unpaired) electrons. The van der Waals surface area contributed by atoms with Crippen LogP contribution in [0.15, 0.2) is 29.3 Å². The van der Waals surface area contributed by atoms with E-state index in [-0.39, 0.29) is 11.7 Å². The van der Waals surface area contributed by atoms with E-state index in [2.05, 4.69) is 9.98 Å². The zero-order valence-electron chi connectivity index (χ0n) is 10.1. The van der Waals surface area contributed by atoms with Crippen molar-refractivity contribution in [2.45, 2.75) is 13.5 Å². The van der Waals surface area contributed by atoms with Gasteiger partial charge >= 0.3 is 0 Å². The SMILES string of the molecule is CC(=O)c1nc2ccccc2n1CCN=C(N)N. The van der Waals surface area contributed by atoms with Crippen molar-refractivity contribution in [1.82, 2.24) is 9.55 Å². The molecule has 0 aliphatic carbocycles. The summed E-state index contributed by atoms with van der Waals surface area (Å²) in [6.07, 6.45) is 0. The molecule has 0 saturated heterocycles. The second kappa shape index (κ2) is 4.87. The van der Waals surface area contributed by atoms with Gasteiger partial charge in [0.1, 0.15) is 0 Å². The number of benzene rings is 1. The van der Waals surface area contributed by atoms with E-state index in [0.29, 0.717) is 18.9 Å². The summed E-state index contributed by atoms with van der Waals surface area (Å²) in [7, 11) is 0. The molecule has 6 nitrogen and oxygen atoms in total. The normalized spacial score (nSPS) is 10.5. The van der Waals surface area contributed by atoms with E-state index in [1.165, 1.54) is 6.92 Å². The Labute approximate surface area is 104 Å². The average Bonchev–Trinajstić information content (AvgIpc) is 2.68. The van der Waals surface area contributed by atoms with Crippen LogP contribution in [0.3, 0.4) is 0 Å². The van der Waals surface area contributed by atoms with Gasteiger partial charge in [0.25, 0.3) is 0 Å². The molecule has 0 aliphatic heterocycles. The van der Waals surface area contributed by atoms with Crippen LogP contribution >= 0.6 is 0 Å². The summed E-state index contributed by atoms with van der Waals surface area (Å²) >= 11 is 0. The smallest absolute Gasteiger partial charge is 0.195 e. The Hall–Kier alpha value is -2.37. The molecule has 6 heteroatoms. The number of carbonyl (C=O) groups excluding carboxylic acids is 1. The number of nitrogens with zero attached hydrogens (tertiary/aromatic N) is 3. The van der Waals surface area contributed by atoms with Gasteiger partial charge < -0.3 is 16.0 Å². The highest BCUT2D eigenvalue weighted by Gasteiger charge is 2.13. The fraction of sp³-hybridized carbons (Fsp3) is 0.250. The number of hydrogen-bond donors (Lipinski definition) is 2. The van der Waals surface area contributed by atoms with Crippen LogP contribution in [-0.4, -0.2) is 27.8 Å². The molecule has 1 heterocycles. The van der Waals surface area contributed by atoms with Gasteiger partial charge in [0, 0.05) is 13.5 Å². The summed E-state index contributed by atoms with van der Waals surface area (Å²) in [6, 6.07) is 7.59. The first-order valence-corrected chi connectivity index (χ1v) is 5.61. The van der Waals surface area contributed by atoms with Gasteiger partial charge in [-0.25, -0.2) is 4.98 Å². The van der Waals surface area contributed by atoms with Crippen molar-refractivity contribution in [3.8, 4) is 0 Å². The maximum atomic E-state index is 11.6. The minimum absolute atomic E-state index is 0.0452. The summed E-state index contributed by atoms with van der Waals surface area (Å²) in [5.41, 5.74) is 12.3. The molecule has 94 valence electrons. The van der Waals surface area contributed by atoms with E-state index in [0.717, 1.165) is 11.0 Å². The highest BCUT2D eigenvalue weighted by atomic mass is 16.1. The molecule has 1 aromatic heterocycles. The molecular weight excluding hydrogens is 230 g/mol. The number of fused-ring (bicyclic) bond motifs is 1. The first kappa shape index (κ1) is 12.1. The van der Waals surface area contributed by atoms with Gasteiger partial charge in [-0.15, -0.1) is 0 Å². The number of aliphatic imine (C=N–C) groups is 1. The zero-order chi connectivity index (χ0) is 13.1. The van der Waals surface area contributed by atoms with Crippen molar-refractivity contribution in [2.75, 3.05) is 6.54 Å². The molecule has 2 rings (SSSR count). The number of hydrogen-bond acceptors (Lipinski definition) is 3. The summed E-state index contributed by atoms with van der Waals surface area (Å²) in [6.45, 7) is 2.44. The monoisotopic (exact) mass is 245 g/mol. The number of imidazole rings is 1. The molecule has 18 heavy (non-hydrogen) atoms. The molecule has 0 spiro atoms. The van der Waals surface area contributed by atoms with Crippen LogP contribution in [0.4, 0.5) is 0 Å². The van der Waals surface area contributed by atoms with Crippen molar-refractivity contribution < 1.29 is 4.79 Å². The first-order chi connectivity index (χ1) is 8.59. The maximum absolute atomic E-state index is 11.6. The minimum atomic E-state index is -0.0732. The third-order valence-corrected chi connectivity index (χ3v) is 2.59. The largest absolute Gasteiger partial charge is 0.370 e. The van der Waals surface area contributed by atoms with Crippen molar-refractivity contribution in [3.63, 3.8) is 0 Å². The van der Waals surface area contributed by atoms with Crippen molar-refractivity contribution >= 4 is 22.8 Å². The lowest BCUT2D eigenvalue weighted by Gasteiger charge is -2.05. The second-order valence-corrected chi connectivity index (χ2v) is 3.94. The lowest BCUT2D eigenvalue weighted by atomic mass is 10.3. The highest BCUT2D eigenvalue weighted by molar-refractivity contribution is 5.94. The number of rotatable bonds is 4. The lowest BCUT2D eigenvalue weighted by molar-refractivity contribution is 0.1000. The number of Topliss-reactive ketones (excluding diaryl/α,β-unsaturated/α-hetero) is 1. The standard InChI is InChI=1S/C12H15N5O/c1-8(18)11-16-9-4-2-3-5-10(9)17(11)7-6-15-12(13)14/h2-5H,6-7H2,1H3,(H4,13,14,15). The van der Waals surface area contributed by atoms with E-state index in [4.69, 9.17) is 11.5 Å². The van der Waals surface area contributed by atoms with E-state index in [1.54, 1.807) is 0 Å². The highest BCUT2D eigenvalue weighted by Crippen LogP contribution is 2.16. The number of guanidine groups is 1. The van der Waals surface area contributed by atoms with E-state index < -0.39 is 0 Å². The molecule has 0 atom stereocenters. The van der Waals surface area contributed by atoms with Gasteiger partial charge in [-0.1, -0.05) is 12.1 Å². The maximum Gasteiger partial charge on any atom is 0.195 e. The van der Waals surface area contributed by atoms with Crippen molar-refractivity contribution in [3.05, 3.63) is 30.1 Å². The molecule has 0 amide bonds. The number of aromatic nitrogens is 2. The molecule has 0 saturated carbocycles. The Morgan fingerprint density at radius 2 is 2.11 bits per heavy atom. The van der Waals surface area contributed by atoms with Gasteiger partial charge in [0.2, 0.25) is 0 Å². The van der Waals surface area contributed by atoms with Gasteiger partial charge in [0.05, 0.1) is 17.6 Å². The van der Waals surface area contributed by atoms with Crippen LogP contribution in [-0.2, 0) is 6.54 Å². The Kier molecular flexibility index (Phi) is 3.27. The number of para-hydroxylation sites is 2. The van der Waals surface area contributed by atoms with Crippen LogP contribution in [0.1, 0.15) is 17.5 Å².